The van der Waals surface area contributed by atoms with Gasteiger partial charge in [-0.1, -0.05) is 62.7 Å². The summed E-state index contributed by atoms with van der Waals surface area (Å²) in [6.07, 6.45) is 5.79. The molecule has 39 heavy (non-hydrogen) atoms. The summed E-state index contributed by atoms with van der Waals surface area (Å²) in [6, 6.07) is 23.9. The third-order valence-corrected chi connectivity index (χ3v) is 9.96. The summed E-state index contributed by atoms with van der Waals surface area (Å²) in [6.45, 7) is 5.61. The number of fused-ring (bicyclic) bond motifs is 2. The van der Waals surface area contributed by atoms with E-state index in [0.717, 1.165) is 29.6 Å². The van der Waals surface area contributed by atoms with E-state index in [-0.39, 0.29) is 5.92 Å². The number of aromatic nitrogens is 1. The van der Waals surface area contributed by atoms with Crippen molar-refractivity contribution in [2.24, 2.45) is 7.05 Å². The minimum Gasteiger partial charge on any atom is -0.494 e. The van der Waals surface area contributed by atoms with Gasteiger partial charge in [0.2, 0.25) is 9.84 Å². The van der Waals surface area contributed by atoms with Crippen LogP contribution in [0.5, 0.6) is 5.75 Å². The van der Waals surface area contributed by atoms with Crippen LogP contribution in [0, 0.1) is 0 Å². The minimum atomic E-state index is -3.70. The van der Waals surface area contributed by atoms with Gasteiger partial charge in [0.25, 0.3) is 0 Å². The molecular formula is C33H40N2O3S. The number of sulfone groups is 1. The summed E-state index contributed by atoms with van der Waals surface area (Å²) in [4.78, 5) is 3.16. The first kappa shape index (κ1) is 27.5. The van der Waals surface area contributed by atoms with Crippen molar-refractivity contribution in [3.05, 3.63) is 89.6 Å². The largest absolute Gasteiger partial charge is 0.494 e. The highest BCUT2D eigenvalue weighted by Gasteiger charge is 2.29. The molecular weight excluding hydrogens is 504 g/mol. The number of para-hydroxylation sites is 1. The molecule has 1 unspecified atom stereocenters. The lowest BCUT2D eigenvalue weighted by Crippen LogP contribution is -2.27. The Labute approximate surface area is 233 Å². The number of benzene rings is 3. The first-order valence-electron chi connectivity index (χ1n) is 14.1. The first-order chi connectivity index (χ1) is 18.8. The van der Waals surface area contributed by atoms with Gasteiger partial charge >= 0.3 is 0 Å². The number of aryl methyl sites for hydroxylation is 2. The van der Waals surface area contributed by atoms with Crippen LogP contribution in [0.1, 0.15) is 68.3 Å². The second-order valence-electron chi connectivity index (χ2n) is 11.1. The molecule has 0 amide bonds. The zero-order valence-electron chi connectivity index (χ0n) is 23.6. The Bertz CT molecular complexity index is 1540. The normalized spacial score (nSPS) is 16.0. The van der Waals surface area contributed by atoms with Gasteiger partial charge in [-0.25, -0.2) is 8.42 Å². The van der Waals surface area contributed by atoms with Crippen molar-refractivity contribution < 1.29 is 13.2 Å². The molecule has 0 radical (unpaired) electrons. The lowest BCUT2D eigenvalue weighted by molar-refractivity contribution is 0.206. The molecule has 1 aliphatic carbocycles. The fraction of sp³-hybridized carbons (Fsp3) is 0.394. The Hall–Kier alpha value is -3.09. The maximum Gasteiger partial charge on any atom is 0.209 e. The van der Waals surface area contributed by atoms with Crippen LogP contribution in [0.3, 0.4) is 0 Å². The van der Waals surface area contributed by atoms with Crippen LogP contribution in [0.4, 0.5) is 0 Å². The maximum absolute atomic E-state index is 13.8. The monoisotopic (exact) mass is 544 g/mol. The van der Waals surface area contributed by atoms with Crippen molar-refractivity contribution >= 4 is 20.7 Å². The van der Waals surface area contributed by atoms with E-state index in [2.05, 4.69) is 36.2 Å². The van der Waals surface area contributed by atoms with E-state index < -0.39 is 9.84 Å². The summed E-state index contributed by atoms with van der Waals surface area (Å²) in [5.74, 6) is 0.762. The van der Waals surface area contributed by atoms with Crippen LogP contribution in [0.25, 0.3) is 10.9 Å². The van der Waals surface area contributed by atoms with Gasteiger partial charge in [-0.3, -0.25) is 4.90 Å². The lowest BCUT2D eigenvalue weighted by atomic mass is 9.98. The van der Waals surface area contributed by atoms with Gasteiger partial charge in [-0.2, -0.15) is 0 Å². The van der Waals surface area contributed by atoms with Crippen molar-refractivity contribution in [2.75, 3.05) is 20.2 Å². The molecule has 0 bridgehead atoms. The van der Waals surface area contributed by atoms with Gasteiger partial charge in [0.15, 0.2) is 0 Å². The number of rotatable bonds is 9. The Kier molecular flexibility index (Phi) is 8.15. The van der Waals surface area contributed by atoms with Gasteiger partial charge in [-0.05, 0) is 80.1 Å². The van der Waals surface area contributed by atoms with E-state index in [4.69, 9.17) is 4.74 Å². The number of nitrogens with zero attached hydrogens (tertiary/aromatic N) is 2. The van der Waals surface area contributed by atoms with E-state index >= 15 is 0 Å². The smallest absolute Gasteiger partial charge is 0.209 e. The summed E-state index contributed by atoms with van der Waals surface area (Å²) >= 11 is 0. The van der Waals surface area contributed by atoms with Crippen LogP contribution in [-0.4, -0.2) is 38.1 Å². The molecule has 0 saturated heterocycles. The highest BCUT2D eigenvalue weighted by Crippen LogP contribution is 2.37. The Morgan fingerprint density at radius 3 is 2.46 bits per heavy atom. The highest BCUT2D eigenvalue weighted by molar-refractivity contribution is 7.91. The van der Waals surface area contributed by atoms with Crippen LogP contribution in [-0.2, 0) is 23.3 Å². The molecule has 0 aliphatic heterocycles. The van der Waals surface area contributed by atoms with Crippen molar-refractivity contribution in [3.8, 4) is 5.75 Å². The van der Waals surface area contributed by atoms with E-state index in [1.165, 1.54) is 36.8 Å². The predicted octanol–water partition coefficient (Wildman–Crippen LogP) is 7.30. The van der Waals surface area contributed by atoms with E-state index in [9.17, 15) is 8.42 Å². The summed E-state index contributed by atoms with van der Waals surface area (Å²) in [7, 11) is 0.461. The topological polar surface area (TPSA) is 51.5 Å². The quantitative estimate of drug-likeness (QED) is 0.164. The Morgan fingerprint density at radius 2 is 1.69 bits per heavy atom. The van der Waals surface area contributed by atoms with Gasteiger partial charge in [-0.15, -0.1) is 0 Å². The lowest BCUT2D eigenvalue weighted by Gasteiger charge is -2.28. The van der Waals surface area contributed by atoms with Crippen LogP contribution >= 0.6 is 0 Å². The number of hydrogen-bond donors (Lipinski definition) is 0. The molecule has 0 spiro atoms. The van der Waals surface area contributed by atoms with Gasteiger partial charge in [0.1, 0.15) is 10.6 Å². The van der Waals surface area contributed by atoms with Crippen molar-refractivity contribution in [1.82, 2.24) is 9.47 Å². The molecule has 1 heterocycles. The van der Waals surface area contributed by atoms with Gasteiger partial charge < -0.3 is 9.30 Å². The van der Waals surface area contributed by atoms with E-state index in [0.29, 0.717) is 28.2 Å². The molecule has 1 aromatic heterocycles. The van der Waals surface area contributed by atoms with E-state index in [1.54, 1.807) is 24.3 Å². The summed E-state index contributed by atoms with van der Waals surface area (Å²) < 4.78 is 35.7. The second-order valence-corrected chi connectivity index (χ2v) is 12.9. The van der Waals surface area contributed by atoms with Crippen molar-refractivity contribution in [1.29, 1.82) is 0 Å². The predicted molar refractivity (Wildman–Crippen MR) is 158 cm³/mol. The van der Waals surface area contributed by atoms with Crippen LogP contribution in [0.2, 0.25) is 0 Å². The highest BCUT2D eigenvalue weighted by atomic mass is 32.2. The number of ether oxygens (including phenoxy) is 1. The molecule has 0 N–H and O–H groups in total. The maximum atomic E-state index is 13.8. The average molecular weight is 545 g/mol. The second kappa shape index (κ2) is 11.6. The molecule has 5 nitrogen and oxygen atoms in total. The molecule has 0 saturated carbocycles. The number of hydrogen-bond acceptors (Lipinski definition) is 4. The summed E-state index contributed by atoms with van der Waals surface area (Å²) in [5.41, 5.74) is 4.72. The molecule has 4 aromatic rings. The Balaban J connectivity index is 1.24. The third-order valence-electron chi connectivity index (χ3n) is 8.10. The van der Waals surface area contributed by atoms with Crippen molar-refractivity contribution in [3.63, 3.8) is 0 Å². The molecule has 1 aliphatic rings. The van der Waals surface area contributed by atoms with Crippen molar-refractivity contribution in [2.45, 2.75) is 67.7 Å². The standard InChI is InChI=1S/C33H40N2O3S/c1-24(2)32-33(29-15-8-10-17-31(29)35(32)4)39(36,37)27-20-18-26(19-21-27)38-23-11-22-34(3)30-16-9-6-13-25-12-5-7-14-28(25)30/h5,7-8,10,12,14-15,17-21,24,30H,6,9,11,13,16,22-23H2,1-4H3. The van der Waals surface area contributed by atoms with E-state index in [1.807, 2.05) is 49.7 Å². The molecule has 5 rings (SSSR count). The third kappa shape index (κ3) is 5.50. The van der Waals surface area contributed by atoms with Gasteiger partial charge in [0.05, 0.1) is 11.5 Å². The first-order valence-corrected chi connectivity index (χ1v) is 15.6. The molecule has 0 fully saturated rings. The van der Waals surface area contributed by atoms with Crippen LogP contribution < -0.4 is 4.74 Å². The average Bonchev–Trinajstić information content (AvgIpc) is 3.09. The minimum absolute atomic E-state index is 0.0689. The zero-order valence-corrected chi connectivity index (χ0v) is 24.4. The SMILES string of the molecule is CC(C)c1c(S(=O)(=O)c2ccc(OCCCN(C)C3CCCCc4ccccc43)cc2)c2ccccc2n1C. The van der Waals surface area contributed by atoms with Gasteiger partial charge in [0, 0.05) is 36.2 Å². The molecule has 6 heteroatoms. The molecule has 3 aromatic carbocycles. The van der Waals surface area contributed by atoms with Crippen LogP contribution in [0.15, 0.2) is 82.6 Å². The fourth-order valence-electron chi connectivity index (χ4n) is 6.16. The molecule has 206 valence electrons. The molecule has 1 atom stereocenters. The fourth-order valence-corrected chi connectivity index (χ4v) is 8.00. The summed E-state index contributed by atoms with van der Waals surface area (Å²) in [5, 5.41) is 0.768. The Morgan fingerprint density at radius 1 is 0.974 bits per heavy atom. The zero-order chi connectivity index (χ0) is 27.6.